The van der Waals surface area contributed by atoms with Gasteiger partial charge in [0.25, 0.3) is 0 Å². The standard InChI is InChI=1S/C11H13N3O2S/c1-13-11(7-2-8-11)14-9-3-5-10(6-4-9)17(12,15)16/h3-6,14H,2,7-8H2,(H2,12,15,16). The van der Waals surface area contributed by atoms with Crippen LogP contribution in [0, 0.1) is 6.57 Å². The van der Waals surface area contributed by atoms with Crippen LogP contribution in [0.4, 0.5) is 5.69 Å². The lowest BCUT2D eigenvalue weighted by Gasteiger charge is -2.31. The number of sulfonamides is 1. The first-order valence-corrected chi connectivity index (χ1v) is 6.80. The molecular weight excluding hydrogens is 238 g/mol. The number of benzene rings is 1. The summed E-state index contributed by atoms with van der Waals surface area (Å²) in [6.07, 6.45) is 2.70. The van der Waals surface area contributed by atoms with Crippen LogP contribution >= 0.6 is 0 Å². The molecule has 1 aliphatic rings. The molecule has 5 nitrogen and oxygen atoms in total. The molecule has 2 rings (SSSR count). The van der Waals surface area contributed by atoms with Gasteiger partial charge in [-0.25, -0.2) is 20.1 Å². The summed E-state index contributed by atoms with van der Waals surface area (Å²) in [5.74, 6) is 0. The van der Waals surface area contributed by atoms with Crippen molar-refractivity contribution in [3.63, 3.8) is 0 Å². The van der Waals surface area contributed by atoms with Crippen molar-refractivity contribution in [3.8, 4) is 0 Å². The Kier molecular flexibility index (Phi) is 2.81. The third-order valence-corrected chi connectivity index (χ3v) is 3.88. The molecule has 0 heterocycles. The minimum Gasteiger partial charge on any atom is -0.314 e. The van der Waals surface area contributed by atoms with Crippen molar-refractivity contribution in [2.45, 2.75) is 29.8 Å². The average Bonchev–Trinajstić information content (AvgIpc) is 2.23. The second kappa shape index (κ2) is 4.02. The molecule has 0 saturated heterocycles. The second-order valence-electron chi connectivity index (χ2n) is 4.19. The fourth-order valence-corrected chi connectivity index (χ4v) is 2.29. The minimum atomic E-state index is -3.65. The third kappa shape index (κ3) is 2.40. The molecule has 17 heavy (non-hydrogen) atoms. The van der Waals surface area contributed by atoms with Crippen molar-refractivity contribution >= 4 is 15.7 Å². The zero-order chi connectivity index (χ0) is 12.5. The molecule has 0 atom stereocenters. The van der Waals surface area contributed by atoms with Gasteiger partial charge in [0, 0.05) is 18.5 Å². The first kappa shape index (κ1) is 11.9. The molecule has 0 aromatic heterocycles. The topological polar surface area (TPSA) is 76.5 Å². The summed E-state index contributed by atoms with van der Waals surface area (Å²) in [6.45, 7) is 7.15. The lowest BCUT2D eigenvalue weighted by Crippen LogP contribution is -2.41. The van der Waals surface area contributed by atoms with E-state index >= 15 is 0 Å². The van der Waals surface area contributed by atoms with Crippen LogP contribution in [-0.2, 0) is 10.0 Å². The van der Waals surface area contributed by atoms with E-state index in [2.05, 4.69) is 10.2 Å². The highest BCUT2D eigenvalue weighted by molar-refractivity contribution is 7.89. The Morgan fingerprint density at radius 3 is 2.24 bits per heavy atom. The van der Waals surface area contributed by atoms with Crippen LogP contribution in [-0.4, -0.2) is 14.1 Å². The van der Waals surface area contributed by atoms with Gasteiger partial charge in [-0.1, -0.05) is 0 Å². The SMILES string of the molecule is [C-]#[N+]C1(Nc2ccc(S(N)(=O)=O)cc2)CCC1. The van der Waals surface area contributed by atoms with Crippen LogP contribution < -0.4 is 10.5 Å². The molecule has 0 unspecified atom stereocenters. The number of anilines is 1. The van der Waals surface area contributed by atoms with Crippen LogP contribution in [0.3, 0.4) is 0 Å². The lowest BCUT2D eigenvalue weighted by atomic mass is 9.85. The molecule has 3 N–H and O–H groups in total. The number of hydrogen-bond acceptors (Lipinski definition) is 3. The molecule has 1 aliphatic carbocycles. The van der Waals surface area contributed by atoms with Crippen LogP contribution in [0.5, 0.6) is 0 Å². The number of nitrogens with one attached hydrogen (secondary N) is 1. The van der Waals surface area contributed by atoms with Gasteiger partial charge in [-0.3, -0.25) is 4.85 Å². The maximum Gasteiger partial charge on any atom is 0.305 e. The highest BCUT2D eigenvalue weighted by Crippen LogP contribution is 2.36. The molecule has 0 amide bonds. The number of primary sulfonamides is 1. The van der Waals surface area contributed by atoms with Gasteiger partial charge in [0.05, 0.1) is 4.90 Å². The quantitative estimate of drug-likeness (QED) is 0.800. The van der Waals surface area contributed by atoms with Gasteiger partial charge in [0.15, 0.2) is 0 Å². The van der Waals surface area contributed by atoms with Gasteiger partial charge in [-0.15, -0.1) is 0 Å². The van der Waals surface area contributed by atoms with Gasteiger partial charge in [-0.05, 0) is 30.7 Å². The smallest absolute Gasteiger partial charge is 0.305 e. The first-order chi connectivity index (χ1) is 7.95. The van der Waals surface area contributed by atoms with E-state index in [1.807, 2.05) is 0 Å². The number of nitrogens with two attached hydrogens (primary N) is 1. The molecule has 0 radical (unpaired) electrons. The second-order valence-corrected chi connectivity index (χ2v) is 5.75. The Morgan fingerprint density at radius 1 is 1.29 bits per heavy atom. The van der Waals surface area contributed by atoms with E-state index in [1.54, 1.807) is 12.1 Å². The molecule has 0 spiro atoms. The van der Waals surface area contributed by atoms with Crippen LogP contribution in [0.1, 0.15) is 19.3 Å². The minimum absolute atomic E-state index is 0.0773. The summed E-state index contributed by atoms with van der Waals surface area (Å²) in [5, 5.41) is 8.13. The number of hydrogen-bond donors (Lipinski definition) is 2. The molecule has 1 aromatic rings. The zero-order valence-corrected chi connectivity index (χ0v) is 10.00. The predicted molar refractivity (Wildman–Crippen MR) is 64.6 cm³/mol. The molecule has 1 fully saturated rings. The zero-order valence-electron chi connectivity index (χ0n) is 9.18. The van der Waals surface area contributed by atoms with Crippen molar-refractivity contribution in [1.82, 2.24) is 0 Å². The Morgan fingerprint density at radius 2 is 1.88 bits per heavy atom. The Bertz CT molecular complexity index is 553. The molecule has 1 saturated carbocycles. The molecule has 0 bridgehead atoms. The largest absolute Gasteiger partial charge is 0.314 e. The Hall–Kier alpha value is -1.58. The Labute approximate surface area is 101 Å². The van der Waals surface area contributed by atoms with Crippen molar-refractivity contribution in [2.75, 3.05) is 5.32 Å². The van der Waals surface area contributed by atoms with Crippen LogP contribution in [0.15, 0.2) is 29.2 Å². The van der Waals surface area contributed by atoms with Crippen molar-refractivity contribution < 1.29 is 8.42 Å². The van der Waals surface area contributed by atoms with E-state index in [-0.39, 0.29) is 4.90 Å². The van der Waals surface area contributed by atoms with Gasteiger partial charge in [0.2, 0.25) is 10.0 Å². The number of nitrogens with zero attached hydrogens (tertiary/aromatic N) is 1. The summed E-state index contributed by atoms with van der Waals surface area (Å²) in [6, 6.07) is 6.14. The molecule has 1 aromatic carbocycles. The van der Waals surface area contributed by atoms with Crippen molar-refractivity contribution in [3.05, 3.63) is 35.7 Å². The fraction of sp³-hybridized carbons (Fsp3) is 0.364. The van der Waals surface area contributed by atoms with E-state index in [0.717, 1.165) is 24.9 Å². The first-order valence-electron chi connectivity index (χ1n) is 5.25. The number of rotatable bonds is 3. The summed E-state index contributed by atoms with van der Waals surface area (Å²) in [7, 11) is -3.65. The van der Waals surface area contributed by atoms with Gasteiger partial charge < -0.3 is 5.32 Å². The fourth-order valence-electron chi connectivity index (χ4n) is 1.77. The average molecular weight is 251 g/mol. The van der Waals surface area contributed by atoms with Crippen molar-refractivity contribution in [1.29, 1.82) is 0 Å². The summed E-state index contributed by atoms with van der Waals surface area (Å²) in [4.78, 5) is 3.67. The van der Waals surface area contributed by atoms with Crippen LogP contribution in [0.2, 0.25) is 0 Å². The van der Waals surface area contributed by atoms with E-state index in [1.165, 1.54) is 12.1 Å². The normalized spacial score (nSPS) is 17.9. The maximum absolute atomic E-state index is 11.1. The van der Waals surface area contributed by atoms with Crippen molar-refractivity contribution in [2.24, 2.45) is 5.14 Å². The van der Waals surface area contributed by atoms with E-state index < -0.39 is 15.7 Å². The highest BCUT2D eigenvalue weighted by Gasteiger charge is 2.43. The summed E-state index contributed by atoms with van der Waals surface area (Å²) < 4.78 is 22.1. The molecule has 0 aliphatic heterocycles. The molecule has 6 heteroatoms. The summed E-state index contributed by atoms with van der Waals surface area (Å²) in [5.41, 5.74) is 0.247. The van der Waals surface area contributed by atoms with E-state index in [0.29, 0.717) is 0 Å². The predicted octanol–water partition coefficient (Wildman–Crippen LogP) is 1.55. The van der Waals surface area contributed by atoms with E-state index in [4.69, 9.17) is 11.7 Å². The van der Waals surface area contributed by atoms with Crippen LogP contribution in [0.25, 0.3) is 4.85 Å². The molecular formula is C11H13N3O2S. The maximum atomic E-state index is 11.1. The van der Waals surface area contributed by atoms with Gasteiger partial charge in [-0.2, -0.15) is 0 Å². The van der Waals surface area contributed by atoms with E-state index in [9.17, 15) is 8.42 Å². The lowest BCUT2D eigenvalue weighted by molar-refractivity contribution is 0.343. The monoisotopic (exact) mass is 251 g/mol. The third-order valence-electron chi connectivity index (χ3n) is 2.95. The van der Waals surface area contributed by atoms with Gasteiger partial charge in [0.1, 0.15) is 0 Å². The summed E-state index contributed by atoms with van der Waals surface area (Å²) >= 11 is 0. The van der Waals surface area contributed by atoms with Gasteiger partial charge >= 0.3 is 5.66 Å². The Balaban J connectivity index is 2.17. The highest BCUT2D eigenvalue weighted by atomic mass is 32.2. The molecule has 90 valence electrons.